The molecule has 2 amide bonds. The number of esters is 1. The number of amides is 2. The number of nitrogens with two attached hydrogens (primary N) is 1. The lowest BCUT2D eigenvalue weighted by atomic mass is 10.0. The van der Waals surface area contributed by atoms with Crippen LogP contribution in [0.5, 0.6) is 0 Å². The van der Waals surface area contributed by atoms with E-state index < -0.39 is 12.1 Å². The molecular weight excluding hydrogens is 286 g/mol. The van der Waals surface area contributed by atoms with E-state index >= 15 is 0 Å². The number of fused-ring (bicyclic) bond motifs is 1. The zero-order valence-corrected chi connectivity index (χ0v) is 11.5. The summed E-state index contributed by atoms with van der Waals surface area (Å²) in [5.74, 6) is 0.0939. The van der Waals surface area contributed by atoms with Crippen LogP contribution in [0.15, 0.2) is 52.2 Å². The fourth-order valence-corrected chi connectivity index (χ4v) is 2.31. The quantitative estimate of drug-likeness (QED) is 0.511. The molecule has 1 unspecified atom stereocenters. The predicted molar refractivity (Wildman–Crippen MR) is 77.2 cm³/mol. The van der Waals surface area contributed by atoms with Gasteiger partial charge in [0.05, 0.1) is 11.8 Å². The zero-order chi connectivity index (χ0) is 15.5. The van der Waals surface area contributed by atoms with Crippen molar-refractivity contribution in [1.82, 2.24) is 5.43 Å². The number of ether oxygens (including phenoxy) is 1. The highest BCUT2D eigenvalue weighted by Gasteiger charge is 2.32. The van der Waals surface area contributed by atoms with Crippen LogP contribution < -0.4 is 11.2 Å². The molecule has 0 saturated carbocycles. The number of hydrogen-bond acceptors (Lipinski definition) is 5. The summed E-state index contributed by atoms with van der Waals surface area (Å²) in [6.45, 7) is 0. The molecule has 0 radical (unpaired) electrons. The molecule has 0 aliphatic carbocycles. The highest BCUT2D eigenvalue weighted by atomic mass is 16.5. The Kier molecular flexibility index (Phi) is 3.61. The molecule has 7 heteroatoms. The summed E-state index contributed by atoms with van der Waals surface area (Å²) in [5.41, 5.74) is 8.95. The standard InChI is InChI=1S/C15H13N3O4/c16-15(20)18-17-11(12-6-3-7-21-12)8-13-9-4-1-2-5-10(9)14(19)22-13/h1-7,13H,8H2,(H3,16,18,20)/b17-11-. The third-order valence-corrected chi connectivity index (χ3v) is 3.26. The summed E-state index contributed by atoms with van der Waals surface area (Å²) in [7, 11) is 0. The molecule has 0 fully saturated rings. The summed E-state index contributed by atoms with van der Waals surface area (Å²) in [6.07, 6.45) is 1.27. The van der Waals surface area contributed by atoms with E-state index in [9.17, 15) is 9.59 Å². The van der Waals surface area contributed by atoms with Crippen LogP contribution in [0, 0.1) is 0 Å². The summed E-state index contributed by atoms with van der Waals surface area (Å²) in [6, 6.07) is 9.76. The second-order valence-corrected chi connectivity index (χ2v) is 4.70. The predicted octanol–water partition coefficient (Wildman–Crippen LogP) is 1.95. The van der Waals surface area contributed by atoms with Gasteiger partial charge in [-0.2, -0.15) is 5.10 Å². The number of furan rings is 1. The van der Waals surface area contributed by atoms with Gasteiger partial charge in [-0.1, -0.05) is 18.2 Å². The Balaban J connectivity index is 1.87. The van der Waals surface area contributed by atoms with Crippen molar-refractivity contribution in [3.8, 4) is 0 Å². The van der Waals surface area contributed by atoms with Gasteiger partial charge >= 0.3 is 12.0 Å². The molecule has 3 rings (SSSR count). The number of rotatable bonds is 4. The number of cyclic esters (lactones) is 1. The smallest absolute Gasteiger partial charge is 0.339 e. The first-order valence-electron chi connectivity index (χ1n) is 6.61. The van der Waals surface area contributed by atoms with Crippen LogP contribution in [0.4, 0.5) is 4.79 Å². The molecule has 0 saturated heterocycles. The molecular formula is C15H13N3O4. The average Bonchev–Trinajstić information content (AvgIpc) is 3.13. The number of hydrogen-bond donors (Lipinski definition) is 2. The van der Waals surface area contributed by atoms with Gasteiger partial charge in [0.2, 0.25) is 0 Å². The number of urea groups is 1. The molecule has 3 N–H and O–H groups in total. The molecule has 2 heterocycles. The first kappa shape index (κ1) is 13.9. The van der Waals surface area contributed by atoms with Crippen molar-refractivity contribution in [2.24, 2.45) is 10.8 Å². The minimum Gasteiger partial charge on any atom is -0.463 e. The first-order valence-corrected chi connectivity index (χ1v) is 6.61. The van der Waals surface area contributed by atoms with Gasteiger partial charge in [0.1, 0.15) is 17.6 Å². The third-order valence-electron chi connectivity index (χ3n) is 3.26. The van der Waals surface area contributed by atoms with Crippen LogP contribution in [0.1, 0.15) is 34.2 Å². The molecule has 0 bridgehead atoms. The number of nitrogens with one attached hydrogen (secondary N) is 1. The average molecular weight is 299 g/mol. The van der Waals surface area contributed by atoms with Crippen LogP contribution in [-0.4, -0.2) is 17.7 Å². The van der Waals surface area contributed by atoms with E-state index in [1.165, 1.54) is 6.26 Å². The van der Waals surface area contributed by atoms with E-state index in [-0.39, 0.29) is 12.4 Å². The Morgan fingerprint density at radius 3 is 2.82 bits per heavy atom. The Morgan fingerprint density at radius 2 is 2.09 bits per heavy atom. The second-order valence-electron chi connectivity index (χ2n) is 4.70. The van der Waals surface area contributed by atoms with Crippen LogP contribution in [0.2, 0.25) is 0 Å². The van der Waals surface area contributed by atoms with Gasteiger partial charge in [0.25, 0.3) is 0 Å². The number of benzene rings is 1. The van der Waals surface area contributed by atoms with Crippen LogP contribution in [0.25, 0.3) is 0 Å². The SMILES string of the molecule is NC(=O)N/N=C(/CC1OC(=O)c2ccccc21)c1ccco1. The first-order chi connectivity index (χ1) is 10.6. The number of carbonyl (C=O) groups excluding carboxylic acids is 2. The van der Waals surface area contributed by atoms with E-state index in [0.29, 0.717) is 17.0 Å². The monoisotopic (exact) mass is 299 g/mol. The van der Waals surface area contributed by atoms with Gasteiger partial charge in [0, 0.05) is 12.0 Å². The molecule has 1 atom stereocenters. The van der Waals surface area contributed by atoms with Crippen LogP contribution in [0.3, 0.4) is 0 Å². The number of hydrazone groups is 1. The minimum absolute atomic E-state index is 0.260. The highest BCUT2D eigenvalue weighted by Crippen LogP contribution is 2.33. The van der Waals surface area contributed by atoms with Gasteiger partial charge in [-0.25, -0.2) is 15.0 Å². The molecule has 22 heavy (non-hydrogen) atoms. The highest BCUT2D eigenvalue weighted by molar-refractivity contribution is 6.00. The second kappa shape index (κ2) is 5.72. The van der Waals surface area contributed by atoms with Crippen molar-refractivity contribution in [3.63, 3.8) is 0 Å². The minimum atomic E-state index is -0.784. The van der Waals surface area contributed by atoms with E-state index in [0.717, 1.165) is 5.56 Å². The van der Waals surface area contributed by atoms with Gasteiger partial charge in [-0.3, -0.25) is 0 Å². The van der Waals surface area contributed by atoms with Crippen molar-refractivity contribution < 1.29 is 18.7 Å². The topological polar surface area (TPSA) is 107 Å². The van der Waals surface area contributed by atoms with Crippen molar-refractivity contribution in [1.29, 1.82) is 0 Å². The van der Waals surface area contributed by atoms with Crippen molar-refractivity contribution in [2.45, 2.75) is 12.5 Å². The summed E-state index contributed by atoms with van der Waals surface area (Å²) >= 11 is 0. The number of nitrogens with zero attached hydrogens (tertiary/aromatic N) is 1. The van der Waals surface area contributed by atoms with E-state index in [4.69, 9.17) is 14.9 Å². The molecule has 1 aliphatic rings. The van der Waals surface area contributed by atoms with Gasteiger partial charge in [0.15, 0.2) is 0 Å². The van der Waals surface area contributed by atoms with E-state index in [1.54, 1.807) is 24.3 Å². The van der Waals surface area contributed by atoms with Crippen LogP contribution in [-0.2, 0) is 4.74 Å². The van der Waals surface area contributed by atoms with Gasteiger partial charge < -0.3 is 14.9 Å². The fraction of sp³-hybridized carbons (Fsp3) is 0.133. The summed E-state index contributed by atoms with van der Waals surface area (Å²) in [5, 5.41) is 3.93. The molecule has 112 valence electrons. The third kappa shape index (κ3) is 2.69. The summed E-state index contributed by atoms with van der Waals surface area (Å²) in [4.78, 5) is 22.7. The van der Waals surface area contributed by atoms with E-state index in [2.05, 4.69) is 10.5 Å². The lowest BCUT2D eigenvalue weighted by Crippen LogP contribution is -2.26. The zero-order valence-electron chi connectivity index (χ0n) is 11.5. The maximum Gasteiger partial charge on any atom is 0.339 e. The van der Waals surface area contributed by atoms with Crippen molar-refractivity contribution in [2.75, 3.05) is 0 Å². The normalized spacial score (nSPS) is 17.0. The lowest BCUT2D eigenvalue weighted by Gasteiger charge is -2.11. The largest absolute Gasteiger partial charge is 0.463 e. The molecule has 1 aliphatic heterocycles. The fourth-order valence-electron chi connectivity index (χ4n) is 2.31. The Labute approximate surface area is 125 Å². The molecule has 7 nitrogen and oxygen atoms in total. The van der Waals surface area contributed by atoms with Crippen LogP contribution >= 0.6 is 0 Å². The van der Waals surface area contributed by atoms with E-state index in [1.807, 2.05) is 12.1 Å². The molecule has 1 aromatic heterocycles. The molecule has 2 aromatic rings. The Hall–Kier alpha value is -3.09. The number of primary amides is 1. The lowest BCUT2D eigenvalue weighted by molar-refractivity contribution is 0.0400. The van der Waals surface area contributed by atoms with Crippen molar-refractivity contribution >= 4 is 17.7 Å². The summed E-state index contributed by atoms with van der Waals surface area (Å²) < 4.78 is 10.7. The Morgan fingerprint density at radius 1 is 1.27 bits per heavy atom. The van der Waals surface area contributed by atoms with Gasteiger partial charge in [-0.15, -0.1) is 0 Å². The molecule has 1 aromatic carbocycles. The van der Waals surface area contributed by atoms with Crippen molar-refractivity contribution in [3.05, 3.63) is 59.5 Å². The number of carbonyl (C=O) groups is 2. The molecule has 0 spiro atoms. The Bertz CT molecular complexity index is 737. The van der Waals surface area contributed by atoms with Gasteiger partial charge in [-0.05, 0) is 18.2 Å². The maximum atomic E-state index is 11.8. The maximum absolute atomic E-state index is 11.8.